The van der Waals surface area contributed by atoms with Crippen molar-refractivity contribution in [1.82, 2.24) is 0 Å². The zero-order valence-electron chi connectivity index (χ0n) is 9.46. The third kappa shape index (κ3) is 2.08. The highest BCUT2D eigenvalue weighted by molar-refractivity contribution is 7.98. The van der Waals surface area contributed by atoms with Gasteiger partial charge in [-0.15, -0.1) is 11.8 Å². The molecule has 0 N–H and O–H groups in total. The number of nitrogens with zero attached hydrogens (tertiary/aromatic N) is 1. The van der Waals surface area contributed by atoms with E-state index in [1.165, 1.54) is 20.2 Å². The second-order valence-corrected chi connectivity index (χ2v) is 5.71. The molecule has 2 heterocycles. The van der Waals surface area contributed by atoms with Crippen LogP contribution >= 0.6 is 23.1 Å². The minimum atomic E-state index is 1.27. The van der Waals surface area contributed by atoms with Crippen molar-refractivity contribution in [1.29, 1.82) is 0 Å². The Hall–Kier alpha value is -1.32. The fourth-order valence-corrected chi connectivity index (χ4v) is 3.21. The summed E-state index contributed by atoms with van der Waals surface area (Å²) in [5, 5.41) is 0. The summed E-state index contributed by atoms with van der Waals surface area (Å²) < 4.78 is 2.17. The molecule has 3 rings (SSSR count). The first kappa shape index (κ1) is 10.8. The van der Waals surface area contributed by atoms with E-state index in [-0.39, 0.29) is 0 Å². The Morgan fingerprint density at radius 3 is 2.59 bits per heavy atom. The summed E-state index contributed by atoms with van der Waals surface area (Å²) >= 11 is 3.60. The van der Waals surface area contributed by atoms with Crippen LogP contribution in [0.1, 0.15) is 0 Å². The summed E-state index contributed by atoms with van der Waals surface area (Å²) in [4.78, 5) is 3.89. The van der Waals surface area contributed by atoms with Crippen molar-refractivity contribution in [3.63, 3.8) is 0 Å². The minimum Gasteiger partial charge on any atom is -0.157 e. The number of hydrogen-bond acceptors (Lipinski definition) is 2. The number of thiazole rings is 1. The van der Waals surface area contributed by atoms with Crippen LogP contribution in [-0.2, 0) is 0 Å². The van der Waals surface area contributed by atoms with Crippen LogP contribution in [0.15, 0.2) is 59.8 Å². The van der Waals surface area contributed by atoms with E-state index in [4.69, 9.17) is 0 Å². The molecule has 1 aromatic carbocycles. The summed E-state index contributed by atoms with van der Waals surface area (Å²) in [7, 11) is 0. The van der Waals surface area contributed by atoms with Gasteiger partial charge in [0.1, 0.15) is 4.88 Å². The van der Waals surface area contributed by atoms with Gasteiger partial charge in [-0.25, -0.2) is 0 Å². The lowest BCUT2D eigenvalue weighted by Gasteiger charge is -1.97. The highest BCUT2D eigenvalue weighted by Crippen LogP contribution is 2.27. The molecule has 0 spiro atoms. The fourth-order valence-electron chi connectivity index (χ4n) is 1.79. The van der Waals surface area contributed by atoms with E-state index >= 15 is 0 Å². The predicted octanol–water partition coefficient (Wildman–Crippen LogP) is 3.88. The van der Waals surface area contributed by atoms with Gasteiger partial charge in [-0.05, 0) is 30.0 Å². The SMILES string of the molecule is CSc1ccc(-c2c[n+]3ccccc3s2)cc1. The van der Waals surface area contributed by atoms with Crippen LogP contribution in [0.5, 0.6) is 0 Å². The molecule has 3 heteroatoms. The molecule has 0 saturated carbocycles. The van der Waals surface area contributed by atoms with Crippen molar-refractivity contribution in [2.45, 2.75) is 4.90 Å². The third-order valence-corrected chi connectivity index (χ3v) is 4.56. The second-order valence-electron chi connectivity index (χ2n) is 3.77. The lowest BCUT2D eigenvalue weighted by molar-refractivity contribution is -0.506. The van der Waals surface area contributed by atoms with Gasteiger partial charge in [0.15, 0.2) is 12.4 Å². The number of aromatic nitrogens is 1. The summed E-state index contributed by atoms with van der Waals surface area (Å²) in [5.41, 5.74) is 1.29. The first-order valence-corrected chi connectivity index (χ1v) is 7.45. The van der Waals surface area contributed by atoms with Gasteiger partial charge in [0.05, 0.1) is 0 Å². The number of benzene rings is 1. The molecule has 3 aromatic rings. The number of thioether (sulfide) groups is 1. The molecule has 0 aliphatic heterocycles. The molecular formula is C14H12NS2+. The van der Waals surface area contributed by atoms with Crippen molar-refractivity contribution < 1.29 is 4.40 Å². The summed E-state index contributed by atoms with van der Waals surface area (Å²) in [5.74, 6) is 0. The minimum absolute atomic E-state index is 1.27. The molecule has 17 heavy (non-hydrogen) atoms. The Morgan fingerprint density at radius 1 is 1.06 bits per heavy atom. The predicted molar refractivity (Wildman–Crippen MR) is 74.7 cm³/mol. The van der Waals surface area contributed by atoms with Crippen LogP contribution in [0.2, 0.25) is 0 Å². The molecule has 0 saturated heterocycles. The highest BCUT2D eigenvalue weighted by atomic mass is 32.2. The van der Waals surface area contributed by atoms with E-state index in [1.807, 2.05) is 11.3 Å². The molecule has 2 aromatic heterocycles. The number of pyridine rings is 1. The molecule has 0 bridgehead atoms. The molecule has 0 amide bonds. The summed E-state index contributed by atoms with van der Waals surface area (Å²) in [6, 6.07) is 15.0. The maximum Gasteiger partial charge on any atom is 0.267 e. The number of fused-ring (bicyclic) bond motifs is 1. The Balaban J connectivity index is 2.07. The van der Waals surface area contributed by atoms with Crippen molar-refractivity contribution in [3.05, 3.63) is 54.9 Å². The molecule has 0 atom stereocenters. The van der Waals surface area contributed by atoms with E-state index in [0.29, 0.717) is 0 Å². The summed E-state index contributed by atoms with van der Waals surface area (Å²) in [6.07, 6.45) is 6.38. The zero-order valence-corrected chi connectivity index (χ0v) is 11.1. The van der Waals surface area contributed by atoms with Gasteiger partial charge >= 0.3 is 0 Å². The van der Waals surface area contributed by atoms with Gasteiger partial charge in [0.25, 0.3) is 4.83 Å². The first-order chi connectivity index (χ1) is 8.36. The molecule has 0 radical (unpaired) electrons. The summed E-state index contributed by atoms with van der Waals surface area (Å²) in [6.45, 7) is 0. The van der Waals surface area contributed by atoms with E-state index in [2.05, 4.69) is 65.5 Å². The van der Waals surface area contributed by atoms with E-state index in [9.17, 15) is 0 Å². The molecular weight excluding hydrogens is 246 g/mol. The average Bonchev–Trinajstić information content (AvgIpc) is 2.82. The standard InChI is InChI=1S/C14H12NS2/c1-16-12-7-5-11(6-8-12)13-10-15-9-3-2-4-14(15)17-13/h2-10H,1H3/q+1. The molecule has 0 aliphatic rings. The van der Waals surface area contributed by atoms with Gasteiger partial charge in [0, 0.05) is 17.0 Å². The van der Waals surface area contributed by atoms with Crippen molar-refractivity contribution in [3.8, 4) is 10.4 Å². The third-order valence-electron chi connectivity index (χ3n) is 2.70. The molecule has 0 unspecified atom stereocenters. The second kappa shape index (κ2) is 4.51. The highest BCUT2D eigenvalue weighted by Gasteiger charge is 2.10. The molecule has 84 valence electrons. The maximum atomic E-state index is 2.19. The Labute approximate surface area is 109 Å². The Bertz CT molecular complexity index is 608. The van der Waals surface area contributed by atoms with E-state index in [1.54, 1.807) is 11.8 Å². The van der Waals surface area contributed by atoms with Gasteiger partial charge in [-0.3, -0.25) is 0 Å². The van der Waals surface area contributed by atoms with Crippen LogP contribution in [0.3, 0.4) is 0 Å². The topological polar surface area (TPSA) is 4.10 Å². The number of rotatable bonds is 2. The first-order valence-electron chi connectivity index (χ1n) is 5.41. The zero-order chi connectivity index (χ0) is 11.7. The van der Waals surface area contributed by atoms with Crippen molar-refractivity contribution >= 4 is 27.9 Å². The van der Waals surface area contributed by atoms with Gasteiger partial charge in [-0.2, -0.15) is 4.40 Å². The van der Waals surface area contributed by atoms with E-state index in [0.717, 1.165) is 0 Å². The molecule has 1 nitrogen and oxygen atoms in total. The van der Waals surface area contributed by atoms with Crippen molar-refractivity contribution in [2.24, 2.45) is 0 Å². The van der Waals surface area contributed by atoms with Gasteiger partial charge in [0.2, 0.25) is 0 Å². The van der Waals surface area contributed by atoms with Crippen LogP contribution in [-0.4, -0.2) is 6.26 Å². The van der Waals surface area contributed by atoms with E-state index < -0.39 is 0 Å². The van der Waals surface area contributed by atoms with Crippen LogP contribution in [0.25, 0.3) is 15.3 Å². The molecule has 0 fully saturated rings. The van der Waals surface area contributed by atoms with Crippen molar-refractivity contribution in [2.75, 3.05) is 6.26 Å². The Kier molecular flexibility index (Phi) is 2.87. The maximum absolute atomic E-state index is 2.19. The molecule has 0 aliphatic carbocycles. The van der Waals surface area contributed by atoms with Crippen LogP contribution in [0, 0.1) is 0 Å². The largest absolute Gasteiger partial charge is 0.267 e. The van der Waals surface area contributed by atoms with Crippen LogP contribution < -0.4 is 4.40 Å². The monoisotopic (exact) mass is 258 g/mol. The quantitative estimate of drug-likeness (QED) is 0.498. The normalized spacial score (nSPS) is 10.9. The van der Waals surface area contributed by atoms with Crippen LogP contribution in [0.4, 0.5) is 0 Å². The lowest BCUT2D eigenvalue weighted by atomic mass is 10.2. The van der Waals surface area contributed by atoms with Gasteiger partial charge in [-0.1, -0.05) is 23.5 Å². The lowest BCUT2D eigenvalue weighted by Crippen LogP contribution is -2.15. The van der Waals surface area contributed by atoms with Gasteiger partial charge < -0.3 is 0 Å². The number of hydrogen-bond donors (Lipinski definition) is 0. The Morgan fingerprint density at radius 2 is 1.88 bits per heavy atom. The smallest absolute Gasteiger partial charge is 0.157 e. The fraction of sp³-hybridized carbons (Fsp3) is 0.0714. The average molecular weight is 258 g/mol.